The molecule has 0 unspecified atom stereocenters. The van der Waals surface area contributed by atoms with Crippen molar-refractivity contribution in [3.05, 3.63) is 29.8 Å². The highest BCUT2D eigenvalue weighted by atomic mass is 16.6. The van der Waals surface area contributed by atoms with Gasteiger partial charge in [-0.05, 0) is 49.9 Å². The Morgan fingerprint density at radius 1 is 1.17 bits per heavy atom. The van der Waals surface area contributed by atoms with E-state index in [0.717, 1.165) is 44.4 Å². The van der Waals surface area contributed by atoms with E-state index in [1.807, 2.05) is 0 Å². The Kier molecular flexibility index (Phi) is 3.81. The maximum absolute atomic E-state index is 5.98. The molecule has 0 aliphatic carbocycles. The topological polar surface area (TPSA) is 30.5 Å². The van der Waals surface area contributed by atoms with Crippen LogP contribution in [0.3, 0.4) is 0 Å². The van der Waals surface area contributed by atoms with E-state index in [9.17, 15) is 0 Å². The van der Waals surface area contributed by atoms with Gasteiger partial charge in [0.15, 0.2) is 0 Å². The Morgan fingerprint density at radius 3 is 2.67 bits per heavy atom. The summed E-state index contributed by atoms with van der Waals surface area (Å²) in [5, 5.41) is 3.42. The Hall–Kier alpha value is -1.06. The molecule has 0 atom stereocenters. The van der Waals surface area contributed by atoms with Gasteiger partial charge in [0.1, 0.15) is 11.9 Å². The van der Waals surface area contributed by atoms with E-state index in [2.05, 4.69) is 29.6 Å². The number of para-hydroxylation sites is 1. The second-order valence-corrected chi connectivity index (χ2v) is 5.28. The highest BCUT2D eigenvalue weighted by Crippen LogP contribution is 2.26. The number of hydrogen-bond acceptors (Lipinski definition) is 3. The van der Waals surface area contributed by atoms with Crippen molar-refractivity contribution in [1.82, 2.24) is 5.32 Å². The van der Waals surface area contributed by atoms with Gasteiger partial charge in [-0.2, -0.15) is 0 Å². The molecule has 2 heterocycles. The summed E-state index contributed by atoms with van der Waals surface area (Å²) in [6, 6.07) is 8.47. The van der Waals surface area contributed by atoms with Crippen LogP contribution in [0.25, 0.3) is 0 Å². The summed E-state index contributed by atoms with van der Waals surface area (Å²) < 4.78 is 11.1. The second kappa shape index (κ2) is 5.72. The highest BCUT2D eigenvalue weighted by Gasteiger charge is 2.22. The van der Waals surface area contributed by atoms with Crippen LogP contribution in [0.2, 0.25) is 0 Å². The van der Waals surface area contributed by atoms with Crippen LogP contribution < -0.4 is 10.1 Å². The Bertz CT molecular complexity index is 384. The Balaban J connectivity index is 1.65. The lowest BCUT2D eigenvalue weighted by Gasteiger charge is -2.29. The van der Waals surface area contributed by atoms with Crippen LogP contribution in [0, 0.1) is 5.92 Å². The van der Waals surface area contributed by atoms with Crippen molar-refractivity contribution in [2.45, 2.75) is 25.4 Å². The third-order valence-electron chi connectivity index (χ3n) is 3.84. The molecule has 0 spiro atoms. The zero-order valence-corrected chi connectivity index (χ0v) is 10.7. The second-order valence-electron chi connectivity index (χ2n) is 5.28. The number of piperidine rings is 1. The SMILES string of the molecule is c1ccc(OC2COC2)c(CC2CCNCC2)c1. The molecule has 2 fully saturated rings. The zero-order valence-electron chi connectivity index (χ0n) is 10.7. The molecule has 0 radical (unpaired) electrons. The standard InChI is InChI=1S/C15H21NO2/c1-2-4-15(18-14-10-17-11-14)13(3-1)9-12-5-7-16-8-6-12/h1-4,12,14,16H,5-11H2. The van der Waals surface area contributed by atoms with Gasteiger partial charge in [0.2, 0.25) is 0 Å². The molecule has 18 heavy (non-hydrogen) atoms. The molecular weight excluding hydrogens is 226 g/mol. The first-order chi connectivity index (χ1) is 8.92. The van der Waals surface area contributed by atoms with Gasteiger partial charge >= 0.3 is 0 Å². The van der Waals surface area contributed by atoms with Crippen molar-refractivity contribution < 1.29 is 9.47 Å². The minimum absolute atomic E-state index is 0.263. The first-order valence-corrected chi connectivity index (χ1v) is 6.95. The van der Waals surface area contributed by atoms with Crippen molar-refractivity contribution in [3.8, 4) is 5.75 Å². The molecule has 98 valence electrons. The fourth-order valence-corrected chi connectivity index (χ4v) is 2.65. The van der Waals surface area contributed by atoms with Crippen LogP contribution in [0.4, 0.5) is 0 Å². The van der Waals surface area contributed by atoms with Gasteiger partial charge in [-0.25, -0.2) is 0 Å². The third kappa shape index (κ3) is 2.85. The maximum Gasteiger partial charge on any atom is 0.145 e. The van der Waals surface area contributed by atoms with E-state index in [4.69, 9.17) is 9.47 Å². The van der Waals surface area contributed by atoms with Crippen molar-refractivity contribution >= 4 is 0 Å². The lowest BCUT2D eigenvalue weighted by Crippen LogP contribution is -2.38. The molecule has 3 heteroatoms. The summed E-state index contributed by atoms with van der Waals surface area (Å²) in [6.45, 7) is 3.79. The quantitative estimate of drug-likeness (QED) is 0.883. The fraction of sp³-hybridized carbons (Fsp3) is 0.600. The van der Waals surface area contributed by atoms with Gasteiger partial charge in [0.25, 0.3) is 0 Å². The molecule has 1 N–H and O–H groups in total. The van der Waals surface area contributed by atoms with Gasteiger partial charge in [0, 0.05) is 0 Å². The van der Waals surface area contributed by atoms with Crippen LogP contribution in [-0.4, -0.2) is 32.4 Å². The van der Waals surface area contributed by atoms with Crippen molar-refractivity contribution in [3.63, 3.8) is 0 Å². The molecule has 3 rings (SSSR count). The van der Waals surface area contributed by atoms with Crippen molar-refractivity contribution in [1.29, 1.82) is 0 Å². The third-order valence-corrected chi connectivity index (χ3v) is 3.84. The van der Waals surface area contributed by atoms with Crippen LogP contribution in [0.15, 0.2) is 24.3 Å². The van der Waals surface area contributed by atoms with Crippen LogP contribution in [-0.2, 0) is 11.2 Å². The predicted molar refractivity (Wildman–Crippen MR) is 71.0 cm³/mol. The molecule has 0 bridgehead atoms. The summed E-state index contributed by atoms with van der Waals surface area (Å²) in [5.74, 6) is 1.86. The number of hydrogen-bond donors (Lipinski definition) is 1. The van der Waals surface area contributed by atoms with Gasteiger partial charge in [-0.15, -0.1) is 0 Å². The van der Waals surface area contributed by atoms with E-state index in [1.165, 1.54) is 18.4 Å². The Morgan fingerprint density at radius 2 is 1.94 bits per heavy atom. The van der Waals surface area contributed by atoms with E-state index < -0.39 is 0 Å². The van der Waals surface area contributed by atoms with Crippen LogP contribution in [0.1, 0.15) is 18.4 Å². The summed E-state index contributed by atoms with van der Waals surface area (Å²) in [5.41, 5.74) is 1.36. The van der Waals surface area contributed by atoms with E-state index in [1.54, 1.807) is 0 Å². The van der Waals surface area contributed by atoms with E-state index >= 15 is 0 Å². The average molecular weight is 247 g/mol. The number of rotatable bonds is 4. The zero-order chi connectivity index (χ0) is 12.2. The van der Waals surface area contributed by atoms with Gasteiger partial charge in [-0.1, -0.05) is 18.2 Å². The van der Waals surface area contributed by atoms with Gasteiger partial charge in [-0.3, -0.25) is 0 Å². The fourth-order valence-electron chi connectivity index (χ4n) is 2.65. The summed E-state index contributed by atoms with van der Waals surface area (Å²) >= 11 is 0. The van der Waals surface area contributed by atoms with Gasteiger partial charge < -0.3 is 14.8 Å². The first-order valence-electron chi connectivity index (χ1n) is 6.95. The van der Waals surface area contributed by atoms with Crippen molar-refractivity contribution in [2.75, 3.05) is 26.3 Å². The molecular formula is C15H21NO2. The largest absolute Gasteiger partial charge is 0.485 e. The smallest absolute Gasteiger partial charge is 0.145 e. The molecule has 1 aromatic carbocycles. The van der Waals surface area contributed by atoms with E-state index in [0.29, 0.717) is 0 Å². The highest BCUT2D eigenvalue weighted by molar-refractivity contribution is 5.34. The molecule has 0 aromatic heterocycles. The molecule has 2 saturated heterocycles. The molecule has 1 aromatic rings. The average Bonchev–Trinajstić information content (AvgIpc) is 2.37. The molecule has 3 nitrogen and oxygen atoms in total. The van der Waals surface area contributed by atoms with Crippen molar-refractivity contribution in [2.24, 2.45) is 5.92 Å². The molecule has 2 aliphatic heterocycles. The molecule has 0 amide bonds. The van der Waals surface area contributed by atoms with Crippen LogP contribution >= 0.6 is 0 Å². The Labute approximate surface area is 108 Å². The summed E-state index contributed by atoms with van der Waals surface area (Å²) in [7, 11) is 0. The number of ether oxygens (including phenoxy) is 2. The van der Waals surface area contributed by atoms with Gasteiger partial charge in [0.05, 0.1) is 13.2 Å². The maximum atomic E-state index is 5.98. The minimum Gasteiger partial charge on any atom is -0.485 e. The predicted octanol–water partition coefficient (Wildman–Crippen LogP) is 2.01. The molecule has 2 aliphatic rings. The van der Waals surface area contributed by atoms with Crippen LogP contribution in [0.5, 0.6) is 5.75 Å². The normalized spacial score (nSPS) is 21.6. The minimum atomic E-state index is 0.263. The lowest BCUT2D eigenvalue weighted by atomic mass is 9.90. The lowest BCUT2D eigenvalue weighted by molar-refractivity contribution is -0.0800. The number of benzene rings is 1. The van der Waals surface area contributed by atoms with E-state index in [-0.39, 0.29) is 6.10 Å². The first kappa shape index (κ1) is 12.0. The summed E-state index contributed by atoms with van der Waals surface area (Å²) in [6.07, 6.45) is 3.96. The summed E-state index contributed by atoms with van der Waals surface area (Å²) in [4.78, 5) is 0. The number of nitrogens with one attached hydrogen (secondary N) is 1. The molecule has 0 saturated carbocycles. The monoisotopic (exact) mass is 247 g/mol.